The van der Waals surface area contributed by atoms with Crippen molar-refractivity contribution >= 4 is 17.5 Å². The first-order chi connectivity index (χ1) is 13.7. The Hall–Kier alpha value is -2.53. The number of benzene rings is 2. The quantitative estimate of drug-likeness (QED) is 0.481. The van der Waals surface area contributed by atoms with Crippen molar-refractivity contribution in [3.63, 3.8) is 0 Å². The first kappa shape index (κ1) is 21.8. The lowest BCUT2D eigenvalue weighted by Gasteiger charge is -2.25. The Balaban J connectivity index is 2.22. The predicted molar refractivity (Wildman–Crippen MR) is 115 cm³/mol. The fourth-order valence-corrected chi connectivity index (χ4v) is 2.88. The van der Waals surface area contributed by atoms with E-state index in [9.17, 15) is 4.79 Å². The van der Waals surface area contributed by atoms with Gasteiger partial charge in [-0.2, -0.15) is 0 Å². The minimum Gasteiger partial charge on any atom is -0.491 e. The molecule has 152 valence electrons. The maximum Gasteiger partial charge on any atom is 0.419 e. The molecular formula is C23H32N2O3. The van der Waals surface area contributed by atoms with Gasteiger partial charge in [0, 0.05) is 6.54 Å². The molecule has 0 saturated carbocycles. The van der Waals surface area contributed by atoms with Crippen molar-refractivity contribution in [1.29, 1.82) is 0 Å². The third-order valence-electron chi connectivity index (χ3n) is 4.59. The molecule has 0 aliphatic rings. The number of carbonyl (C=O) groups excluding carboxylic acids is 1. The van der Waals surface area contributed by atoms with E-state index >= 15 is 0 Å². The lowest BCUT2D eigenvalue weighted by atomic mass is 10.2. The van der Waals surface area contributed by atoms with Crippen LogP contribution in [-0.2, 0) is 4.74 Å². The Morgan fingerprint density at radius 1 is 0.893 bits per heavy atom. The maximum absolute atomic E-state index is 13.0. The molecule has 0 aliphatic carbocycles. The standard InChI is InChI=1S/C23H32N2O3/c1-4-7-18-27-22-16-12-11-15-21(22)25(20-13-9-8-10-14-20)23(26)28-19-17-24(5-2)6-3/h8-16H,4-7,17-19H2,1-3H3. The molecule has 5 nitrogen and oxygen atoms in total. The zero-order valence-electron chi connectivity index (χ0n) is 17.3. The van der Waals surface area contributed by atoms with Gasteiger partial charge in [0.05, 0.1) is 18.0 Å². The molecule has 2 aromatic rings. The lowest BCUT2D eigenvalue weighted by Crippen LogP contribution is -2.32. The number of nitrogens with zero attached hydrogens (tertiary/aromatic N) is 2. The Labute approximate surface area is 168 Å². The number of ether oxygens (including phenoxy) is 2. The van der Waals surface area contributed by atoms with E-state index < -0.39 is 6.09 Å². The van der Waals surface area contributed by atoms with Crippen molar-refractivity contribution < 1.29 is 14.3 Å². The molecule has 0 spiro atoms. The number of para-hydroxylation sites is 3. The van der Waals surface area contributed by atoms with Crippen LogP contribution >= 0.6 is 0 Å². The van der Waals surface area contributed by atoms with E-state index in [-0.39, 0.29) is 0 Å². The highest BCUT2D eigenvalue weighted by Gasteiger charge is 2.23. The number of likely N-dealkylation sites (N-methyl/N-ethyl adjacent to an activating group) is 1. The first-order valence-corrected chi connectivity index (χ1v) is 10.2. The third-order valence-corrected chi connectivity index (χ3v) is 4.59. The van der Waals surface area contributed by atoms with E-state index in [4.69, 9.17) is 9.47 Å². The number of unbranched alkanes of at least 4 members (excludes halogenated alkanes) is 1. The fourth-order valence-electron chi connectivity index (χ4n) is 2.88. The average molecular weight is 385 g/mol. The molecule has 2 aromatic carbocycles. The van der Waals surface area contributed by atoms with Gasteiger partial charge in [0.2, 0.25) is 0 Å². The highest BCUT2D eigenvalue weighted by Crippen LogP contribution is 2.34. The molecule has 0 aliphatic heterocycles. The van der Waals surface area contributed by atoms with E-state index in [0.29, 0.717) is 24.7 Å². The molecule has 5 heteroatoms. The number of carbonyl (C=O) groups is 1. The topological polar surface area (TPSA) is 42.0 Å². The van der Waals surface area contributed by atoms with Gasteiger partial charge in [0.25, 0.3) is 0 Å². The highest BCUT2D eigenvalue weighted by molar-refractivity contribution is 5.97. The van der Waals surface area contributed by atoms with Crippen molar-refractivity contribution in [1.82, 2.24) is 4.90 Å². The van der Waals surface area contributed by atoms with Crippen molar-refractivity contribution in [3.8, 4) is 5.75 Å². The summed E-state index contributed by atoms with van der Waals surface area (Å²) < 4.78 is 11.6. The number of hydrogen-bond donors (Lipinski definition) is 0. The van der Waals surface area contributed by atoms with Gasteiger partial charge in [-0.25, -0.2) is 9.69 Å². The van der Waals surface area contributed by atoms with Gasteiger partial charge in [-0.1, -0.05) is 57.5 Å². The van der Waals surface area contributed by atoms with E-state index in [1.54, 1.807) is 4.90 Å². The summed E-state index contributed by atoms with van der Waals surface area (Å²) in [6.45, 7) is 9.89. The first-order valence-electron chi connectivity index (χ1n) is 10.2. The Kier molecular flexibility index (Phi) is 9.35. The second-order valence-corrected chi connectivity index (χ2v) is 6.48. The SMILES string of the molecule is CCCCOc1ccccc1N(C(=O)OCCN(CC)CC)c1ccccc1. The van der Waals surface area contributed by atoms with Crippen molar-refractivity contribution in [2.45, 2.75) is 33.6 Å². The summed E-state index contributed by atoms with van der Waals surface area (Å²) in [6.07, 6.45) is 1.62. The zero-order chi connectivity index (χ0) is 20.2. The van der Waals surface area contributed by atoms with Crippen molar-refractivity contribution in [3.05, 3.63) is 54.6 Å². The Morgan fingerprint density at radius 2 is 1.57 bits per heavy atom. The van der Waals surface area contributed by atoms with Gasteiger partial charge in [-0.05, 0) is 43.8 Å². The van der Waals surface area contributed by atoms with Crippen molar-refractivity contribution in [2.24, 2.45) is 0 Å². The predicted octanol–water partition coefficient (Wildman–Crippen LogP) is 5.48. The van der Waals surface area contributed by atoms with Crippen LogP contribution in [0.25, 0.3) is 0 Å². The number of rotatable bonds is 11. The molecule has 0 bridgehead atoms. The molecule has 0 atom stereocenters. The molecule has 0 fully saturated rings. The summed E-state index contributed by atoms with van der Waals surface area (Å²) >= 11 is 0. The summed E-state index contributed by atoms with van der Waals surface area (Å²) in [6, 6.07) is 17.1. The summed E-state index contributed by atoms with van der Waals surface area (Å²) in [4.78, 5) is 16.8. The molecule has 0 heterocycles. The highest BCUT2D eigenvalue weighted by atomic mass is 16.6. The second-order valence-electron chi connectivity index (χ2n) is 6.48. The zero-order valence-corrected chi connectivity index (χ0v) is 17.3. The number of hydrogen-bond acceptors (Lipinski definition) is 4. The van der Waals surface area contributed by atoms with Gasteiger partial charge in [-0.3, -0.25) is 0 Å². The van der Waals surface area contributed by atoms with Crippen LogP contribution in [0.2, 0.25) is 0 Å². The molecule has 28 heavy (non-hydrogen) atoms. The molecule has 0 unspecified atom stereocenters. The van der Waals surface area contributed by atoms with Gasteiger partial charge in [-0.15, -0.1) is 0 Å². The third kappa shape index (κ3) is 6.27. The van der Waals surface area contributed by atoms with E-state index in [1.165, 1.54) is 0 Å². The van der Waals surface area contributed by atoms with Gasteiger partial charge in [0.1, 0.15) is 12.4 Å². The molecule has 2 rings (SSSR count). The maximum atomic E-state index is 13.0. The Morgan fingerprint density at radius 3 is 2.25 bits per heavy atom. The van der Waals surface area contributed by atoms with E-state index in [0.717, 1.165) is 38.2 Å². The fraction of sp³-hybridized carbons (Fsp3) is 0.435. The van der Waals surface area contributed by atoms with E-state index in [1.807, 2.05) is 54.6 Å². The van der Waals surface area contributed by atoms with Crippen LogP contribution in [0.1, 0.15) is 33.6 Å². The second kappa shape index (κ2) is 12.0. The molecule has 0 aromatic heterocycles. The van der Waals surface area contributed by atoms with Crippen LogP contribution in [0.4, 0.5) is 16.2 Å². The molecule has 0 saturated heterocycles. The largest absolute Gasteiger partial charge is 0.491 e. The summed E-state index contributed by atoms with van der Waals surface area (Å²) in [5.74, 6) is 0.681. The molecule has 0 radical (unpaired) electrons. The van der Waals surface area contributed by atoms with Crippen molar-refractivity contribution in [2.75, 3.05) is 37.7 Å². The number of amides is 1. The van der Waals surface area contributed by atoms with Gasteiger partial charge >= 0.3 is 6.09 Å². The normalized spacial score (nSPS) is 10.7. The average Bonchev–Trinajstić information content (AvgIpc) is 2.73. The van der Waals surface area contributed by atoms with Gasteiger partial charge in [0.15, 0.2) is 0 Å². The lowest BCUT2D eigenvalue weighted by molar-refractivity contribution is 0.138. The monoisotopic (exact) mass is 384 g/mol. The summed E-state index contributed by atoms with van der Waals surface area (Å²) in [7, 11) is 0. The Bertz CT molecular complexity index is 702. The van der Waals surface area contributed by atoms with Crippen LogP contribution in [0.5, 0.6) is 5.75 Å². The minimum atomic E-state index is -0.398. The molecular weight excluding hydrogens is 352 g/mol. The smallest absolute Gasteiger partial charge is 0.419 e. The van der Waals surface area contributed by atoms with Gasteiger partial charge < -0.3 is 14.4 Å². The minimum absolute atomic E-state index is 0.350. The van der Waals surface area contributed by atoms with Crippen LogP contribution < -0.4 is 9.64 Å². The molecule has 0 N–H and O–H groups in total. The molecule has 1 amide bonds. The van der Waals surface area contributed by atoms with Crippen LogP contribution in [0, 0.1) is 0 Å². The van der Waals surface area contributed by atoms with Crippen LogP contribution in [0.3, 0.4) is 0 Å². The number of anilines is 2. The van der Waals surface area contributed by atoms with E-state index in [2.05, 4.69) is 25.7 Å². The van der Waals surface area contributed by atoms with Crippen LogP contribution in [0.15, 0.2) is 54.6 Å². The summed E-state index contributed by atoms with van der Waals surface area (Å²) in [5.41, 5.74) is 1.44. The van der Waals surface area contributed by atoms with Crippen LogP contribution in [-0.4, -0.2) is 43.8 Å². The summed E-state index contributed by atoms with van der Waals surface area (Å²) in [5, 5.41) is 0.